The third kappa shape index (κ3) is 4.16. The van der Waals surface area contributed by atoms with E-state index in [2.05, 4.69) is 20.5 Å². The van der Waals surface area contributed by atoms with Gasteiger partial charge in [0.05, 0.1) is 5.60 Å². The van der Waals surface area contributed by atoms with Crippen LogP contribution in [0.2, 0.25) is 0 Å². The molecular weight excluding hydrogens is 292 g/mol. The summed E-state index contributed by atoms with van der Waals surface area (Å²) in [5.74, 6) is 1.26. The van der Waals surface area contributed by atoms with Gasteiger partial charge in [-0.2, -0.15) is 5.10 Å². The molecule has 1 aromatic carbocycles. The summed E-state index contributed by atoms with van der Waals surface area (Å²) in [6.45, 7) is 7.80. The monoisotopic (exact) mass is 316 g/mol. The van der Waals surface area contributed by atoms with Crippen molar-refractivity contribution in [2.75, 3.05) is 6.54 Å². The molecule has 1 aromatic heterocycles. The van der Waals surface area contributed by atoms with Gasteiger partial charge in [0.2, 0.25) is 0 Å². The molecule has 2 atom stereocenters. The number of benzene rings is 1. The van der Waals surface area contributed by atoms with Gasteiger partial charge in [0.25, 0.3) is 5.91 Å². The summed E-state index contributed by atoms with van der Waals surface area (Å²) in [6.07, 6.45) is 0.855. The Morgan fingerprint density at radius 2 is 2.04 bits per heavy atom. The first-order chi connectivity index (χ1) is 10.8. The van der Waals surface area contributed by atoms with E-state index in [1.54, 1.807) is 19.1 Å². The van der Waals surface area contributed by atoms with E-state index in [1.807, 2.05) is 32.9 Å². The topological polar surface area (TPSA) is 90.9 Å². The molecule has 2 unspecified atom stereocenters. The van der Waals surface area contributed by atoms with Crippen molar-refractivity contribution in [1.29, 1.82) is 0 Å². The van der Waals surface area contributed by atoms with Crippen LogP contribution in [0.25, 0.3) is 11.4 Å². The van der Waals surface area contributed by atoms with Crippen molar-refractivity contribution in [3.05, 3.63) is 35.7 Å². The number of nitrogens with one attached hydrogen (secondary N) is 2. The summed E-state index contributed by atoms with van der Waals surface area (Å²) in [4.78, 5) is 16.4. The van der Waals surface area contributed by atoms with Crippen LogP contribution in [0.3, 0.4) is 0 Å². The van der Waals surface area contributed by atoms with E-state index >= 15 is 0 Å². The lowest BCUT2D eigenvalue weighted by molar-refractivity contribution is 0.00593. The Balaban J connectivity index is 2.00. The average molecular weight is 316 g/mol. The smallest absolute Gasteiger partial charge is 0.251 e. The van der Waals surface area contributed by atoms with Gasteiger partial charge in [0.1, 0.15) is 5.82 Å². The van der Waals surface area contributed by atoms with E-state index < -0.39 is 5.60 Å². The van der Waals surface area contributed by atoms with E-state index in [4.69, 9.17) is 0 Å². The number of nitrogens with zero attached hydrogens (tertiary/aromatic N) is 2. The Morgan fingerprint density at radius 1 is 1.39 bits per heavy atom. The fourth-order valence-electron chi connectivity index (χ4n) is 2.22. The van der Waals surface area contributed by atoms with Gasteiger partial charge in [-0.25, -0.2) is 4.98 Å². The van der Waals surface area contributed by atoms with Gasteiger partial charge in [-0.15, -0.1) is 0 Å². The first kappa shape index (κ1) is 17.1. The zero-order valence-corrected chi connectivity index (χ0v) is 14.1. The van der Waals surface area contributed by atoms with Crippen molar-refractivity contribution in [3.63, 3.8) is 0 Å². The predicted octanol–water partition coefficient (Wildman–Crippen LogP) is 2.31. The normalized spacial score (nSPS) is 15.0. The zero-order chi connectivity index (χ0) is 17.0. The highest BCUT2D eigenvalue weighted by Crippen LogP contribution is 2.19. The number of hydrogen-bond donors (Lipinski definition) is 3. The van der Waals surface area contributed by atoms with E-state index in [0.717, 1.165) is 17.8 Å². The zero-order valence-electron chi connectivity index (χ0n) is 14.1. The van der Waals surface area contributed by atoms with Crippen LogP contribution in [-0.4, -0.2) is 38.3 Å². The van der Waals surface area contributed by atoms with E-state index in [9.17, 15) is 9.90 Å². The van der Waals surface area contributed by atoms with Crippen LogP contribution < -0.4 is 5.32 Å². The molecule has 0 fully saturated rings. The van der Waals surface area contributed by atoms with Crippen molar-refractivity contribution < 1.29 is 9.90 Å². The molecule has 0 aliphatic rings. The summed E-state index contributed by atoms with van der Waals surface area (Å²) in [7, 11) is 0. The van der Waals surface area contributed by atoms with Crippen molar-refractivity contribution in [1.82, 2.24) is 20.5 Å². The van der Waals surface area contributed by atoms with E-state index in [0.29, 0.717) is 11.4 Å². The Labute approximate surface area is 136 Å². The number of carbonyl (C=O) groups is 1. The van der Waals surface area contributed by atoms with Crippen molar-refractivity contribution in [3.8, 4) is 11.4 Å². The van der Waals surface area contributed by atoms with Gasteiger partial charge in [0.15, 0.2) is 5.82 Å². The minimum Gasteiger partial charge on any atom is -0.388 e. The van der Waals surface area contributed by atoms with Crippen LogP contribution in [0.4, 0.5) is 0 Å². The summed E-state index contributed by atoms with van der Waals surface area (Å²) >= 11 is 0. The van der Waals surface area contributed by atoms with Crippen molar-refractivity contribution in [2.24, 2.45) is 5.92 Å². The Morgan fingerprint density at radius 3 is 2.57 bits per heavy atom. The molecule has 0 spiro atoms. The lowest BCUT2D eigenvalue weighted by Gasteiger charge is -2.29. The molecule has 0 radical (unpaired) electrons. The second kappa shape index (κ2) is 6.91. The maximum Gasteiger partial charge on any atom is 0.251 e. The molecule has 1 heterocycles. The van der Waals surface area contributed by atoms with Gasteiger partial charge >= 0.3 is 0 Å². The standard InChI is InChI=1S/C17H24N4O2/c1-5-11(2)17(4,23)10-18-16(22)14-8-6-13(7-9-14)15-19-12(3)20-21-15/h6-9,11,23H,5,10H2,1-4H3,(H,18,22)(H,19,20,21). The van der Waals surface area contributed by atoms with Crippen LogP contribution in [0.15, 0.2) is 24.3 Å². The number of hydrogen-bond acceptors (Lipinski definition) is 4. The fourth-order valence-corrected chi connectivity index (χ4v) is 2.22. The molecule has 0 bridgehead atoms. The lowest BCUT2D eigenvalue weighted by Crippen LogP contribution is -2.45. The summed E-state index contributed by atoms with van der Waals surface area (Å²) in [5.41, 5.74) is 0.472. The summed E-state index contributed by atoms with van der Waals surface area (Å²) < 4.78 is 0. The number of H-pyrrole nitrogens is 1. The molecule has 0 aliphatic heterocycles. The van der Waals surface area contributed by atoms with Crippen molar-refractivity contribution >= 4 is 5.91 Å². The lowest BCUT2D eigenvalue weighted by atomic mass is 9.88. The first-order valence-corrected chi connectivity index (χ1v) is 7.83. The number of aryl methyl sites for hydroxylation is 1. The highest BCUT2D eigenvalue weighted by Gasteiger charge is 2.27. The number of rotatable bonds is 6. The minimum atomic E-state index is -0.916. The number of aromatic amines is 1. The highest BCUT2D eigenvalue weighted by atomic mass is 16.3. The molecule has 2 aromatic rings. The largest absolute Gasteiger partial charge is 0.388 e. The van der Waals surface area contributed by atoms with Gasteiger partial charge in [0, 0.05) is 17.7 Å². The SMILES string of the molecule is CCC(C)C(C)(O)CNC(=O)c1ccc(-c2n[nH]c(C)n2)cc1. The van der Waals surface area contributed by atoms with E-state index in [1.165, 1.54) is 0 Å². The molecule has 6 heteroatoms. The number of aliphatic hydroxyl groups is 1. The Kier molecular flexibility index (Phi) is 5.15. The maximum atomic E-state index is 12.2. The number of amides is 1. The Bertz CT molecular complexity index is 661. The molecule has 3 N–H and O–H groups in total. The second-order valence-corrected chi connectivity index (χ2v) is 6.17. The second-order valence-electron chi connectivity index (χ2n) is 6.17. The third-order valence-electron chi connectivity index (χ3n) is 4.28. The molecule has 0 saturated heterocycles. The fraction of sp³-hybridized carbons (Fsp3) is 0.471. The van der Waals surface area contributed by atoms with Gasteiger partial charge < -0.3 is 10.4 Å². The van der Waals surface area contributed by atoms with Gasteiger partial charge in [-0.3, -0.25) is 9.89 Å². The minimum absolute atomic E-state index is 0.110. The van der Waals surface area contributed by atoms with Crippen LogP contribution in [0.5, 0.6) is 0 Å². The molecule has 1 amide bonds. The molecule has 23 heavy (non-hydrogen) atoms. The van der Waals surface area contributed by atoms with Crippen LogP contribution in [-0.2, 0) is 0 Å². The highest BCUT2D eigenvalue weighted by molar-refractivity contribution is 5.94. The predicted molar refractivity (Wildman–Crippen MR) is 89.0 cm³/mol. The van der Waals surface area contributed by atoms with Gasteiger partial charge in [-0.05, 0) is 31.9 Å². The quantitative estimate of drug-likeness (QED) is 0.762. The third-order valence-corrected chi connectivity index (χ3v) is 4.28. The van der Waals surface area contributed by atoms with E-state index in [-0.39, 0.29) is 18.4 Å². The summed E-state index contributed by atoms with van der Waals surface area (Å²) in [5, 5.41) is 20.0. The van der Waals surface area contributed by atoms with Crippen molar-refractivity contribution in [2.45, 2.75) is 39.7 Å². The molecule has 0 aliphatic carbocycles. The average Bonchev–Trinajstić information content (AvgIpc) is 2.98. The number of carbonyl (C=O) groups excluding carboxylic acids is 1. The molecule has 0 saturated carbocycles. The molecule has 2 rings (SSSR count). The summed E-state index contributed by atoms with van der Waals surface area (Å²) in [6, 6.07) is 7.08. The molecule has 124 valence electrons. The maximum absolute atomic E-state index is 12.2. The first-order valence-electron chi connectivity index (χ1n) is 7.83. The molecular formula is C17H24N4O2. The van der Waals surface area contributed by atoms with Crippen LogP contribution in [0, 0.1) is 12.8 Å². The van der Waals surface area contributed by atoms with Crippen LogP contribution in [0.1, 0.15) is 43.4 Å². The van der Waals surface area contributed by atoms with Crippen LogP contribution >= 0.6 is 0 Å². The van der Waals surface area contributed by atoms with Gasteiger partial charge in [-0.1, -0.05) is 32.4 Å². The molecule has 6 nitrogen and oxygen atoms in total. The number of aromatic nitrogens is 3. The Hall–Kier alpha value is -2.21.